The van der Waals surface area contributed by atoms with E-state index in [-0.39, 0.29) is 59.6 Å². The molecule has 3 rings (SSSR count). The van der Waals surface area contributed by atoms with Crippen molar-refractivity contribution < 1.29 is 69.4 Å². The summed E-state index contributed by atoms with van der Waals surface area (Å²) >= 11 is 1.58. The average molecular weight is 509 g/mol. The Bertz CT molecular complexity index is 1190. The molecule has 35 heavy (non-hydrogen) atoms. The molecule has 0 saturated heterocycles. The largest absolute Gasteiger partial charge is 1.00 e. The molecule has 0 aliphatic rings. The van der Waals surface area contributed by atoms with Crippen LogP contribution in [0, 0.1) is 0 Å². The molecule has 0 spiro atoms. The maximum absolute atomic E-state index is 13.0. The molecule has 0 bridgehead atoms. The van der Waals surface area contributed by atoms with Gasteiger partial charge < -0.3 is 30.2 Å². The van der Waals surface area contributed by atoms with Crippen molar-refractivity contribution in [3.05, 3.63) is 59.0 Å². The molecule has 180 valence electrons. The van der Waals surface area contributed by atoms with Crippen LogP contribution in [-0.4, -0.2) is 51.9 Å². The van der Waals surface area contributed by atoms with Crippen LogP contribution in [0.15, 0.2) is 47.9 Å². The number of ether oxygens (including phenoxy) is 5. The molecule has 1 N–H and O–H groups in total. The molecule has 0 amide bonds. The van der Waals surface area contributed by atoms with Gasteiger partial charge in [-0.2, -0.15) is 0 Å². The first-order valence-electron chi connectivity index (χ1n) is 10.0. The zero-order chi connectivity index (χ0) is 24.7. The van der Waals surface area contributed by atoms with Gasteiger partial charge in [-0.1, -0.05) is 6.07 Å². The molecule has 10 heteroatoms. The Labute approximate surface area is 230 Å². The van der Waals surface area contributed by atoms with Gasteiger partial charge in [0.25, 0.3) is 0 Å². The van der Waals surface area contributed by atoms with E-state index < -0.39 is 12.6 Å². The number of ketones is 1. The number of hydrogen-bond acceptors (Lipinski definition) is 8. The van der Waals surface area contributed by atoms with Crippen LogP contribution >= 0.6 is 11.3 Å². The van der Waals surface area contributed by atoms with E-state index in [1.165, 1.54) is 32.4 Å². The SMILES string of the molecule is COc1cc(OC)c(-c2cccs2)cc1C=CC(=O)c1cc(OC)c(OCC(=O)O)c(OC)c1.[H-].[Na+]. The van der Waals surface area contributed by atoms with E-state index in [1.807, 2.05) is 23.6 Å². The molecule has 0 fully saturated rings. The van der Waals surface area contributed by atoms with E-state index in [2.05, 4.69) is 0 Å². The topological polar surface area (TPSA) is 101 Å². The van der Waals surface area contributed by atoms with Gasteiger partial charge in [0, 0.05) is 27.6 Å². The van der Waals surface area contributed by atoms with Crippen molar-refractivity contribution in [1.82, 2.24) is 0 Å². The van der Waals surface area contributed by atoms with Gasteiger partial charge in [0.05, 0.1) is 28.4 Å². The monoisotopic (exact) mass is 508 g/mol. The minimum Gasteiger partial charge on any atom is -1.00 e. The second-order valence-electron chi connectivity index (χ2n) is 6.86. The van der Waals surface area contributed by atoms with Crippen LogP contribution in [0.25, 0.3) is 16.5 Å². The van der Waals surface area contributed by atoms with Gasteiger partial charge in [0.15, 0.2) is 23.9 Å². The normalized spacial score (nSPS) is 10.4. The number of allylic oxidation sites excluding steroid dienone is 1. The first-order valence-corrected chi connectivity index (χ1v) is 10.9. The fraction of sp³-hybridized carbons (Fsp3) is 0.200. The number of thiophene rings is 1. The number of carboxylic acid groups (broad SMARTS) is 1. The molecule has 2 aromatic carbocycles. The molecule has 0 aliphatic heterocycles. The average Bonchev–Trinajstić information content (AvgIpc) is 3.39. The molecule has 1 heterocycles. The van der Waals surface area contributed by atoms with E-state index in [4.69, 9.17) is 28.8 Å². The number of carbonyl (C=O) groups excluding carboxylic acids is 1. The summed E-state index contributed by atoms with van der Waals surface area (Å²) in [6, 6.07) is 10.5. The summed E-state index contributed by atoms with van der Waals surface area (Å²) in [4.78, 5) is 24.9. The van der Waals surface area contributed by atoms with Crippen molar-refractivity contribution in [3.63, 3.8) is 0 Å². The van der Waals surface area contributed by atoms with Crippen LogP contribution in [0.4, 0.5) is 0 Å². The summed E-state index contributed by atoms with van der Waals surface area (Å²) in [5.41, 5.74) is 1.85. The molecule has 0 unspecified atom stereocenters. The van der Waals surface area contributed by atoms with Crippen molar-refractivity contribution in [2.75, 3.05) is 35.0 Å². The molecule has 0 radical (unpaired) electrons. The third kappa shape index (κ3) is 6.79. The van der Waals surface area contributed by atoms with Gasteiger partial charge in [-0.05, 0) is 41.8 Å². The molecule has 0 aliphatic carbocycles. The van der Waals surface area contributed by atoms with Gasteiger partial charge in [-0.15, -0.1) is 11.3 Å². The summed E-state index contributed by atoms with van der Waals surface area (Å²) < 4.78 is 26.8. The fourth-order valence-corrected chi connectivity index (χ4v) is 3.99. The fourth-order valence-electron chi connectivity index (χ4n) is 3.24. The van der Waals surface area contributed by atoms with Crippen molar-refractivity contribution in [3.8, 4) is 39.2 Å². The number of hydrogen-bond donors (Lipinski definition) is 1. The quantitative estimate of drug-likeness (QED) is 0.238. The Hall–Kier alpha value is -2.98. The first kappa shape index (κ1) is 28.3. The zero-order valence-corrected chi connectivity index (χ0v) is 22.9. The second-order valence-corrected chi connectivity index (χ2v) is 7.81. The Balaban J connectivity index is 0.00000324. The summed E-state index contributed by atoms with van der Waals surface area (Å²) in [5, 5.41) is 10.9. The van der Waals surface area contributed by atoms with Crippen molar-refractivity contribution >= 4 is 29.2 Å². The number of methoxy groups -OCH3 is 4. The number of aliphatic carboxylic acids is 1. The van der Waals surface area contributed by atoms with Gasteiger partial charge in [-0.25, -0.2) is 4.79 Å². The third-order valence-corrected chi connectivity index (χ3v) is 5.74. The summed E-state index contributed by atoms with van der Waals surface area (Å²) in [6.07, 6.45) is 3.07. The molecular formula is C25H25NaO8S. The Morgan fingerprint density at radius 1 is 0.943 bits per heavy atom. The van der Waals surface area contributed by atoms with Gasteiger partial charge in [0.2, 0.25) is 5.75 Å². The van der Waals surface area contributed by atoms with Gasteiger partial charge in [0.1, 0.15) is 11.5 Å². The predicted molar refractivity (Wildman–Crippen MR) is 130 cm³/mol. The van der Waals surface area contributed by atoms with Crippen LogP contribution in [0.3, 0.4) is 0 Å². The molecular weight excluding hydrogens is 483 g/mol. The van der Waals surface area contributed by atoms with Gasteiger partial charge >= 0.3 is 35.5 Å². The molecule has 8 nitrogen and oxygen atoms in total. The minimum atomic E-state index is -1.15. The Morgan fingerprint density at radius 2 is 1.57 bits per heavy atom. The standard InChI is InChI=1S/C25H24O8S.Na.H/c1-29-19-13-20(30-2)17(23-6-5-9-34-23)10-15(19)7-8-18(26)16-11-21(31-3)25(22(12-16)32-4)33-14-24(27)28;;/h5-13H,14H2,1-4H3,(H,27,28);;/q;+1;-1. The van der Waals surface area contributed by atoms with Crippen molar-refractivity contribution in [1.29, 1.82) is 0 Å². The maximum atomic E-state index is 13.0. The van der Waals surface area contributed by atoms with Crippen molar-refractivity contribution in [2.45, 2.75) is 0 Å². The van der Waals surface area contributed by atoms with Crippen LogP contribution in [0.1, 0.15) is 17.3 Å². The molecule has 3 aromatic rings. The zero-order valence-electron chi connectivity index (χ0n) is 21.1. The smallest absolute Gasteiger partial charge is 1.00 e. The summed E-state index contributed by atoms with van der Waals surface area (Å²) in [7, 11) is 5.92. The van der Waals surface area contributed by atoms with Crippen LogP contribution in [-0.2, 0) is 4.79 Å². The number of carbonyl (C=O) groups is 2. The predicted octanol–water partition coefficient (Wildman–Crippen LogP) is 1.93. The van der Waals surface area contributed by atoms with E-state index in [0.29, 0.717) is 17.1 Å². The maximum Gasteiger partial charge on any atom is 1.00 e. The van der Waals surface area contributed by atoms with E-state index >= 15 is 0 Å². The molecule has 0 atom stereocenters. The number of benzene rings is 2. The van der Waals surface area contributed by atoms with Crippen molar-refractivity contribution in [2.24, 2.45) is 0 Å². The first-order chi connectivity index (χ1) is 16.4. The summed E-state index contributed by atoms with van der Waals surface area (Å²) in [6.45, 7) is -0.580. The third-order valence-electron chi connectivity index (χ3n) is 4.84. The van der Waals surface area contributed by atoms with Crippen LogP contribution in [0.2, 0.25) is 0 Å². The minimum absolute atomic E-state index is 0. The molecule has 1 aromatic heterocycles. The Morgan fingerprint density at radius 3 is 2.09 bits per heavy atom. The van der Waals surface area contributed by atoms with Gasteiger partial charge in [-0.3, -0.25) is 4.79 Å². The Kier molecular flexibility index (Phi) is 10.7. The number of carboxylic acids is 1. The summed E-state index contributed by atoms with van der Waals surface area (Å²) in [5.74, 6) is 0.200. The van der Waals surface area contributed by atoms with E-state index in [0.717, 1.165) is 10.4 Å². The van der Waals surface area contributed by atoms with Crippen LogP contribution < -0.4 is 53.2 Å². The number of rotatable bonds is 11. The molecule has 0 saturated carbocycles. The second kappa shape index (κ2) is 13.2. The van der Waals surface area contributed by atoms with E-state index in [9.17, 15) is 9.59 Å². The van der Waals surface area contributed by atoms with E-state index in [1.54, 1.807) is 37.7 Å². The van der Waals surface area contributed by atoms with Crippen LogP contribution in [0.5, 0.6) is 28.7 Å².